The fraction of sp³-hybridized carbons (Fsp3) is 0.632. The molecule has 0 atom stereocenters. The van der Waals surface area contributed by atoms with Crippen molar-refractivity contribution in [2.24, 2.45) is 0 Å². The molecule has 0 aliphatic carbocycles. The first-order chi connectivity index (χ1) is 19.9. The van der Waals surface area contributed by atoms with Crippen LogP contribution in [0.1, 0.15) is 140 Å². The smallest absolute Gasteiger partial charge is 0.171 e. The van der Waals surface area contributed by atoms with Gasteiger partial charge in [-0.3, -0.25) is 0 Å². The number of hydrogen-bond acceptors (Lipinski definition) is 0. The number of aromatic nitrogens is 2. The number of hydrogen-bond donors (Lipinski definition) is 0. The van der Waals surface area contributed by atoms with Crippen molar-refractivity contribution in [3.05, 3.63) is 84.5 Å². The third-order valence-corrected chi connectivity index (χ3v) is 8.42. The van der Waals surface area contributed by atoms with Gasteiger partial charge in [-0.05, 0) is 102 Å². The van der Waals surface area contributed by atoms with Crippen molar-refractivity contribution in [1.82, 2.24) is 0 Å². The molecule has 0 radical (unpaired) electrons. The Kier molecular flexibility index (Phi) is 18.1. The van der Waals surface area contributed by atoms with Gasteiger partial charge >= 0.3 is 0 Å². The summed E-state index contributed by atoms with van der Waals surface area (Å²) in [5.41, 5.74) is 3.01. The zero-order valence-electron chi connectivity index (χ0n) is 25.8. The lowest BCUT2D eigenvalue weighted by molar-refractivity contribution is -0.697. The quantitative estimate of drug-likeness (QED) is 0.230. The van der Waals surface area contributed by atoms with E-state index in [4.69, 9.17) is 0 Å². The largest absolute Gasteiger partial charge is 0.205 e. The summed E-state index contributed by atoms with van der Waals surface area (Å²) in [5, 5.41) is 0. The lowest BCUT2D eigenvalue weighted by Gasteiger charge is -2.03. The van der Waals surface area contributed by atoms with Crippen LogP contribution in [0.2, 0.25) is 0 Å². The van der Waals surface area contributed by atoms with Crippen molar-refractivity contribution < 1.29 is 9.13 Å². The lowest BCUT2D eigenvalue weighted by Crippen LogP contribution is -2.33. The van der Waals surface area contributed by atoms with Crippen LogP contribution in [-0.2, 0) is 25.9 Å². The molecule has 3 heterocycles. The summed E-state index contributed by atoms with van der Waals surface area (Å²) in [6.07, 6.45) is 48.0. The van der Waals surface area contributed by atoms with Crippen molar-refractivity contribution in [2.75, 3.05) is 0 Å². The Hall–Kier alpha value is -2.22. The monoisotopic (exact) mass is 544 g/mol. The van der Waals surface area contributed by atoms with Gasteiger partial charge in [0, 0.05) is 36.1 Å². The topological polar surface area (TPSA) is 7.76 Å². The number of aryl methyl sites for hydroxylation is 4. The molecule has 2 aromatic rings. The van der Waals surface area contributed by atoms with E-state index in [0.29, 0.717) is 0 Å². The van der Waals surface area contributed by atoms with E-state index in [0.717, 1.165) is 0 Å². The van der Waals surface area contributed by atoms with E-state index in [1.165, 1.54) is 165 Å². The summed E-state index contributed by atoms with van der Waals surface area (Å²) >= 11 is 0. The van der Waals surface area contributed by atoms with E-state index in [-0.39, 0.29) is 0 Å². The van der Waals surface area contributed by atoms with Gasteiger partial charge < -0.3 is 0 Å². The first kappa shape index (κ1) is 32.3. The summed E-state index contributed by atoms with van der Waals surface area (Å²) < 4.78 is 4.84. The average Bonchev–Trinajstić information content (AvgIpc) is 2.97. The van der Waals surface area contributed by atoms with Gasteiger partial charge in [0.2, 0.25) is 0 Å². The van der Waals surface area contributed by atoms with Gasteiger partial charge in [0.25, 0.3) is 0 Å². The Balaban J connectivity index is 1.36. The molecule has 2 nitrogen and oxygen atoms in total. The van der Waals surface area contributed by atoms with E-state index < -0.39 is 0 Å². The Bertz CT molecular complexity index is 867. The van der Waals surface area contributed by atoms with Gasteiger partial charge in [0.05, 0.1) is 0 Å². The maximum Gasteiger partial charge on any atom is 0.171 e. The fourth-order valence-corrected chi connectivity index (χ4v) is 5.91. The van der Waals surface area contributed by atoms with Gasteiger partial charge in [-0.25, -0.2) is 9.13 Å². The number of allylic oxidation sites excluding steroid dienone is 4. The van der Waals surface area contributed by atoms with Crippen molar-refractivity contribution in [1.29, 1.82) is 0 Å². The molecule has 1 aliphatic heterocycles. The first-order valence-electron chi connectivity index (χ1n) is 17.2. The van der Waals surface area contributed by atoms with E-state index in [2.05, 4.69) is 82.5 Å². The Labute approximate surface area is 247 Å². The highest BCUT2D eigenvalue weighted by molar-refractivity contribution is 5.06. The van der Waals surface area contributed by atoms with Gasteiger partial charge in [0.1, 0.15) is 13.1 Å². The second kappa shape index (κ2) is 22.5. The molecule has 0 saturated heterocycles. The molecule has 4 bridgehead atoms. The maximum atomic E-state index is 2.43. The zero-order valence-corrected chi connectivity index (χ0v) is 25.8. The summed E-state index contributed by atoms with van der Waals surface area (Å²) in [5.74, 6) is 0. The Morgan fingerprint density at radius 1 is 0.375 bits per heavy atom. The Morgan fingerprint density at radius 3 is 1.15 bits per heavy atom. The highest BCUT2D eigenvalue weighted by atomic mass is 14.9. The van der Waals surface area contributed by atoms with Crippen LogP contribution in [0.15, 0.2) is 73.4 Å². The molecule has 2 heteroatoms. The van der Waals surface area contributed by atoms with E-state index >= 15 is 0 Å². The molecule has 0 saturated carbocycles. The van der Waals surface area contributed by atoms with Gasteiger partial charge in [0.15, 0.2) is 24.8 Å². The first-order valence-corrected chi connectivity index (χ1v) is 17.2. The zero-order chi connectivity index (χ0) is 27.8. The minimum absolute atomic E-state index is 1.17. The third-order valence-electron chi connectivity index (χ3n) is 8.42. The molecule has 0 unspecified atom stereocenters. The maximum absolute atomic E-state index is 2.43. The molecule has 1 aliphatic rings. The average molecular weight is 545 g/mol. The molecular formula is C38H60N2+2. The highest BCUT2D eigenvalue weighted by Crippen LogP contribution is 2.11. The van der Waals surface area contributed by atoms with Crippen LogP contribution in [0.5, 0.6) is 0 Å². The molecule has 0 amide bonds. The normalized spacial score (nSPS) is 21.0. The third kappa shape index (κ3) is 16.1. The van der Waals surface area contributed by atoms with Gasteiger partial charge in [-0.1, -0.05) is 62.8 Å². The Morgan fingerprint density at radius 2 is 0.725 bits per heavy atom. The van der Waals surface area contributed by atoms with Crippen LogP contribution < -0.4 is 9.13 Å². The number of rotatable bonds is 0. The van der Waals surface area contributed by atoms with Crippen molar-refractivity contribution in [3.63, 3.8) is 0 Å². The van der Waals surface area contributed by atoms with Crippen LogP contribution in [0, 0.1) is 0 Å². The minimum Gasteiger partial charge on any atom is -0.205 e. The molecule has 3 rings (SSSR count). The molecule has 40 heavy (non-hydrogen) atoms. The molecule has 2 aromatic heterocycles. The number of nitrogens with zero attached hydrogens (tertiary/aromatic N) is 2. The fourth-order valence-electron chi connectivity index (χ4n) is 5.91. The molecule has 220 valence electrons. The van der Waals surface area contributed by atoms with Crippen molar-refractivity contribution in [2.45, 2.75) is 154 Å². The van der Waals surface area contributed by atoms with Crippen LogP contribution in [0.4, 0.5) is 0 Å². The van der Waals surface area contributed by atoms with Gasteiger partial charge in [-0.2, -0.15) is 0 Å². The predicted octanol–water partition coefficient (Wildman–Crippen LogP) is 9.97. The molecule has 0 N–H and O–H groups in total. The van der Waals surface area contributed by atoms with Crippen LogP contribution in [0.25, 0.3) is 0 Å². The van der Waals surface area contributed by atoms with Crippen molar-refractivity contribution in [3.8, 4) is 0 Å². The summed E-state index contributed by atoms with van der Waals surface area (Å²) in [6.45, 7) is 2.34. The van der Waals surface area contributed by atoms with Crippen LogP contribution >= 0.6 is 0 Å². The summed E-state index contributed by atoms with van der Waals surface area (Å²) in [4.78, 5) is 0. The lowest BCUT2D eigenvalue weighted by atomic mass is 10.1. The van der Waals surface area contributed by atoms with E-state index in [1.807, 2.05) is 0 Å². The minimum atomic E-state index is 1.17. The van der Waals surface area contributed by atoms with Crippen LogP contribution in [-0.4, -0.2) is 0 Å². The van der Waals surface area contributed by atoms with E-state index in [1.54, 1.807) is 0 Å². The van der Waals surface area contributed by atoms with Gasteiger partial charge in [-0.15, -0.1) is 0 Å². The SMILES string of the molecule is C1=C/CCCCc2ccc[n+](c2)CCCCCCCC/C=C/CCCCc2ccc[n+](c2)CCCCCCCC/1. The number of pyridine rings is 2. The van der Waals surface area contributed by atoms with Crippen LogP contribution in [0.3, 0.4) is 0 Å². The second-order valence-electron chi connectivity index (χ2n) is 12.2. The molecule has 0 fully saturated rings. The summed E-state index contributed by atoms with van der Waals surface area (Å²) in [6, 6.07) is 9.11. The molecule has 0 aromatic carbocycles. The molecular weight excluding hydrogens is 484 g/mol. The second-order valence-corrected chi connectivity index (χ2v) is 12.2. The predicted molar refractivity (Wildman–Crippen MR) is 171 cm³/mol. The standard InChI is InChI=1S/C38H60N2/c1-3-7-11-15-19-23-31-39-33-26-30-38(36-39)28-22-18-14-10-6-2-4-8-12-16-20-24-32-40-34-25-29-37(35-40)27-21-17-13-9-5-1/h5-6,9-10,25-26,29-30,33-36H,1-4,7-8,11-24,27-28,31-32H2/q+2/b9-5+,10-6+. The number of fused-ring (bicyclic) bond motifs is 4. The van der Waals surface area contributed by atoms with E-state index in [9.17, 15) is 0 Å². The molecule has 0 spiro atoms. The van der Waals surface area contributed by atoms with Crippen molar-refractivity contribution >= 4 is 0 Å². The highest BCUT2D eigenvalue weighted by Gasteiger charge is 2.04. The summed E-state index contributed by atoms with van der Waals surface area (Å²) in [7, 11) is 0.